The fourth-order valence-corrected chi connectivity index (χ4v) is 2.27. The number of aryl methyl sites for hydroxylation is 2. The summed E-state index contributed by atoms with van der Waals surface area (Å²) in [5.74, 6) is -0.901. The first kappa shape index (κ1) is 15.0. The maximum atomic E-state index is 12.0. The third-order valence-corrected chi connectivity index (χ3v) is 3.25. The van der Waals surface area contributed by atoms with Gasteiger partial charge in [0.2, 0.25) is 0 Å². The lowest BCUT2D eigenvalue weighted by molar-refractivity contribution is -0.137. The number of H-pyrrole nitrogens is 1. The van der Waals surface area contributed by atoms with Gasteiger partial charge >= 0.3 is 5.97 Å². The topological polar surface area (TPSA) is 88.3 Å². The number of aromatic amines is 1. The second-order valence-electron chi connectivity index (χ2n) is 4.73. The minimum Gasteiger partial charge on any atom is -0.463 e. The molecule has 0 radical (unpaired) electrons. The van der Waals surface area contributed by atoms with Crippen molar-refractivity contribution in [3.63, 3.8) is 0 Å². The Morgan fingerprint density at radius 3 is 3.00 bits per heavy atom. The number of esters is 1. The Hall–Kier alpha value is -2.37. The molecule has 0 aliphatic heterocycles. The van der Waals surface area contributed by atoms with Crippen molar-refractivity contribution >= 4 is 11.9 Å². The smallest absolute Gasteiger partial charge is 0.330 e. The summed E-state index contributed by atoms with van der Waals surface area (Å²) in [7, 11) is 0. The zero-order valence-corrected chi connectivity index (χ0v) is 11.9. The zero-order valence-electron chi connectivity index (χ0n) is 11.9. The van der Waals surface area contributed by atoms with Gasteiger partial charge in [-0.05, 0) is 37.8 Å². The highest BCUT2D eigenvalue weighted by Gasteiger charge is 2.17. The highest BCUT2D eigenvalue weighted by atomic mass is 16.5. The maximum Gasteiger partial charge on any atom is 0.330 e. The Morgan fingerprint density at radius 2 is 2.24 bits per heavy atom. The van der Waals surface area contributed by atoms with E-state index in [-0.39, 0.29) is 17.7 Å². The number of carbonyl (C=O) groups excluding carboxylic acids is 2. The van der Waals surface area contributed by atoms with E-state index in [2.05, 4.69) is 10.3 Å². The van der Waals surface area contributed by atoms with Crippen LogP contribution in [-0.2, 0) is 22.4 Å². The summed E-state index contributed by atoms with van der Waals surface area (Å²) in [4.78, 5) is 37.6. The van der Waals surface area contributed by atoms with E-state index in [4.69, 9.17) is 4.74 Å². The van der Waals surface area contributed by atoms with E-state index in [9.17, 15) is 14.4 Å². The predicted molar refractivity (Wildman–Crippen MR) is 77.2 cm³/mol. The molecule has 0 saturated heterocycles. The van der Waals surface area contributed by atoms with Crippen LogP contribution in [0.3, 0.4) is 0 Å². The van der Waals surface area contributed by atoms with Crippen LogP contribution in [0.2, 0.25) is 0 Å². The molecule has 0 saturated carbocycles. The van der Waals surface area contributed by atoms with Crippen LogP contribution in [0.15, 0.2) is 23.0 Å². The highest BCUT2D eigenvalue weighted by molar-refractivity contribution is 5.94. The molecule has 1 aliphatic rings. The number of carbonyl (C=O) groups is 2. The monoisotopic (exact) mass is 290 g/mol. The van der Waals surface area contributed by atoms with Gasteiger partial charge in [-0.1, -0.05) is 6.08 Å². The second kappa shape index (κ2) is 6.88. The van der Waals surface area contributed by atoms with Crippen LogP contribution in [-0.4, -0.2) is 30.0 Å². The lowest BCUT2D eigenvalue weighted by atomic mass is 10.1. The van der Waals surface area contributed by atoms with Gasteiger partial charge in [-0.3, -0.25) is 9.59 Å². The molecule has 2 rings (SSSR count). The molecule has 0 unspecified atom stereocenters. The quantitative estimate of drug-likeness (QED) is 0.617. The molecule has 6 nitrogen and oxygen atoms in total. The van der Waals surface area contributed by atoms with Gasteiger partial charge < -0.3 is 15.0 Å². The van der Waals surface area contributed by atoms with Crippen molar-refractivity contribution in [2.75, 3.05) is 13.2 Å². The lowest BCUT2D eigenvalue weighted by Crippen LogP contribution is -2.30. The Morgan fingerprint density at radius 1 is 1.43 bits per heavy atom. The van der Waals surface area contributed by atoms with Crippen LogP contribution in [0.25, 0.3) is 0 Å². The average Bonchev–Trinajstić information content (AvgIpc) is 2.89. The van der Waals surface area contributed by atoms with Crippen molar-refractivity contribution in [2.45, 2.75) is 26.2 Å². The number of fused-ring (bicyclic) bond motifs is 1. The summed E-state index contributed by atoms with van der Waals surface area (Å²) in [6.45, 7) is 2.18. The Balaban J connectivity index is 1.95. The molecule has 1 heterocycles. The van der Waals surface area contributed by atoms with Crippen molar-refractivity contribution in [1.82, 2.24) is 10.3 Å². The minimum atomic E-state index is -0.456. The summed E-state index contributed by atoms with van der Waals surface area (Å²) >= 11 is 0. The van der Waals surface area contributed by atoms with Gasteiger partial charge in [0.1, 0.15) is 5.56 Å². The van der Waals surface area contributed by atoms with Crippen molar-refractivity contribution in [3.05, 3.63) is 45.4 Å². The lowest BCUT2D eigenvalue weighted by Gasteiger charge is -2.04. The van der Waals surface area contributed by atoms with Crippen molar-refractivity contribution in [2.24, 2.45) is 0 Å². The first-order valence-corrected chi connectivity index (χ1v) is 6.98. The van der Waals surface area contributed by atoms with Gasteiger partial charge in [0.15, 0.2) is 0 Å². The van der Waals surface area contributed by atoms with Crippen LogP contribution in [0.4, 0.5) is 0 Å². The molecule has 0 bridgehead atoms. The van der Waals surface area contributed by atoms with E-state index in [0.29, 0.717) is 6.61 Å². The molecule has 21 heavy (non-hydrogen) atoms. The highest BCUT2D eigenvalue weighted by Crippen LogP contribution is 2.18. The van der Waals surface area contributed by atoms with Crippen molar-refractivity contribution < 1.29 is 14.3 Å². The van der Waals surface area contributed by atoms with E-state index in [1.807, 2.05) is 0 Å². The number of rotatable bonds is 5. The number of hydrogen-bond acceptors (Lipinski definition) is 4. The number of nitrogens with one attached hydrogen (secondary N) is 2. The molecule has 1 amide bonds. The Kier molecular flexibility index (Phi) is 4.92. The number of amides is 1. The van der Waals surface area contributed by atoms with Crippen LogP contribution >= 0.6 is 0 Å². The normalized spacial score (nSPS) is 13.2. The summed E-state index contributed by atoms with van der Waals surface area (Å²) in [5.41, 5.74) is 1.70. The van der Waals surface area contributed by atoms with Crippen LogP contribution in [0.1, 0.15) is 35.0 Å². The van der Waals surface area contributed by atoms with Gasteiger partial charge in [0.25, 0.3) is 11.5 Å². The molecule has 0 fully saturated rings. The third kappa shape index (κ3) is 3.81. The standard InChI is InChI=1S/C15H18N2O4/c1-2-21-13(18)7-4-8-16-14(19)11-9-10-5-3-6-12(10)17-15(11)20/h4,7,9H,2-3,5-6,8H2,1H3,(H,16,19)(H,17,20)/b7-4+. The van der Waals surface area contributed by atoms with Crippen molar-refractivity contribution in [1.29, 1.82) is 0 Å². The summed E-state index contributed by atoms with van der Waals surface area (Å²) in [5, 5.41) is 2.57. The van der Waals surface area contributed by atoms with Crippen LogP contribution < -0.4 is 10.9 Å². The molecule has 6 heteroatoms. The second-order valence-corrected chi connectivity index (χ2v) is 4.73. The molecule has 0 aromatic carbocycles. The van der Waals surface area contributed by atoms with Crippen LogP contribution in [0.5, 0.6) is 0 Å². The first-order valence-electron chi connectivity index (χ1n) is 6.98. The SMILES string of the molecule is CCOC(=O)/C=C/CNC(=O)c1cc2c([nH]c1=O)CCC2. The van der Waals surface area contributed by atoms with Gasteiger partial charge in [-0.25, -0.2) is 4.79 Å². The van der Waals surface area contributed by atoms with Gasteiger partial charge in [0, 0.05) is 18.3 Å². The molecule has 1 aromatic heterocycles. The van der Waals surface area contributed by atoms with E-state index in [0.717, 1.165) is 30.5 Å². The molecule has 1 aromatic rings. The molecule has 0 spiro atoms. The van der Waals surface area contributed by atoms with E-state index >= 15 is 0 Å². The Labute approximate surface area is 122 Å². The number of pyridine rings is 1. The summed E-state index contributed by atoms with van der Waals surface area (Å²) in [6.07, 6.45) is 5.47. The van der Waals surface area contributed by atoms with E-state index < -0.39 is 11.9 Å². The number of aromatic nitrogens is 1. The zero-order chi connectivity index (χ0) is 15.2. The van der Waals surface area contributed by atoms with E-state index in [1.165, 1.54) is 12.2 Å². The van der Waals surface area contributed by atoms with Crippen molar-refractivity contribution in [3.8, 4) is 0 Å². The largest absolute Gasteiger partial charge is 0.463 e. The predicted octanol–water partition coefficient (Wildman–Crippen LogP) is 0.713. The van der Waals surface area contributed by atoms with E-state index in [1.54, 1.807) is 13.0 Å². The first-order chi connectivity index (χ1) is 10.1. The molecular weight excluding hydrogens is 272 g/mol. The van der Waals surface area contributed by atoms with Crippen LogP contribution in [0, 0.1) is 0 Å². The maximum absolute atomic E-state index is 12.0. The fourth-order valence-electron chi connectivity index (χ4n) is 2.27. The fraction of sp³-hybridized carbons (Fsp3) is 0.400. The van der Waals surface area contributed by atoms with Gasteiger partial charge in [-0.15, -0.1) is 0 Å². The molecular formula is C15H18N2O4. The molecule has 0 atom stereocenters. The Bertz CT molecular complexity index is 631. The average molecular weight is 290 g/mol. The van der Waals surface area contributed by atoms with Gasteiger partial charge in [0.05, 0.1) is 6.61 Å². The third-order valence-electron chi connectivity index (χ3n) is 3.25. The van der Waals surface area contributed by atoms with Gasteiger partial charge in [-0.2, -0.15) is 0 Å². The molecule has 112 valence electrons. The molecule has 2 N–H and O–H groups in total. The summed E-state index contributed by atoms with van der Waals surface area (Å²) < 4.78 is 4.71. The number of hydrogen-bond donors (Lipinski definition) is 2. The summed E-state index contributed by atoms with van der Waals surface area (Å²) in [6, 6.07) is 1.66. The molecule has 1 aliphatic carbocycles. The number of ether oxygens (including phenoxy) is 1. The minimum absolute atomic E-state index is 0.111.